The molecule has 0 fully saturated rings. The SMILES string of the molecule is CCCOc1ccc(OCC(=O)NCCc2ccc(N)cc2)cc1. The van der Waals surface area contributed by atoms with E-state index in [1.807, 2.05) is 36.4 Å². The van der Waals surface area contributed by atoms with Crippen molar-refractivity contribution in [2.24, 2.45) is 0 Å². The number of hydrogen-bond donors (Lipinski definition) is 2. The molecule has 0 spiro atoms. The van der Waals surface area contributed by atoms with E-state index in [0.717, 1.165) is 29.8 Å². The van der Waals surface area contributed by atoms with E-state index >= 15 is 0 Å². The monoisotopic (exact) mass is 328 g/mol. The molecular formula is C19H24N2O3. The first kappa shape index (κ1) is 17.7. The maximum absolute atomic E-state index is 11.8. The van der Waals surface area contributed by atoms with E-state index < -0.39 is 0 Å². The standard InChI is InChI=1S/C19H24N2O3/c1-2-13-23-17-7-9-18(10-8-17)24-14-19(22)21-12-11-15-3-5-16(20)6-4-15/h3-10H,2,11-14,20H2,1H3,(H,21,22). The van der Waals surface area contributed by atoms with Gasteiger partial charge in [-0.3, -0.25) is 4.79 Å². The Labute approximate surface area is 142 Å². The molecule has 0 unspecified atom stereocenters. The maximum atomic E-state index is 11.8. The minimum atomic E-state index is -0.142. The van der Waals surface area contributed by atoms with Crippen LogP contribution in [0.15, 0.2) is 48.5 Å². The van der Waals surface area contributed by atoms with Gasteiger partial charge in [-0.05, 0) is 54.8 Å². The predicted molar refractivity (Wildman–Crippen MR) is 95.3 cm³/mol. The van der Waals surface area contributed by atoms with Gasteiger partial charge in [-0.2, -0.15) is 0 Å². The van der Waals surface area contributed by atoms with Crippen molar-refractivity contribution in [3.63, 3.8) is 0 Å². The van der Waals surface area contributed by atoms with E-state index in [1.165, 1.54) is 0 Å². The molecule has 0 radical (unpaired) electrons. The summed E-state index contributed by atoms with van der Waals surface area (Å²) in [5.74, 6) is 1.31. The number of anilines is 1. The predicted octanol–water partition coefficient (Wildman–Crippen LogP) is 2.80. The second kappa shape index (κ2) is 9.45. The molecule has 3 N–H and O–H groups in total. The first-order valence-electron chi connectivity index (χ1n) is 8.14. The lowest BCUT2D eigenvalue weighted by Crippen LogP contribution is -2.30. The van der Waals surface area contributed by atoms with Crippen molar-refractivity contribution in [3.8, 4) is 11.5 Å². The quantitative estimate of drug-likeness (QED) is 0.694. The lowest BCUT2D eigenvalue weighted by molar-refractivity contribution is -0.123. The third-order valence-corrected chi connectivity index (χ3v) is 3.38. The molecule has 0 aliphatic heterocycles. The molecule has 2 aromatic carbocycles. The van der Waals surface area contributed by atoms with Gasteiger partial charge < -0.3 is 20.5 Å². The summed E-state index contributed by atoms with van der Waals surface area (Å²) in [5, 5.41) is 2.84. The van der Waals surface area contributed by atoms with Crippen LogP contribution in [0.2, 0.25) is 0 Å². The van der Waals surface area contributed by atoms with E-state index in [2.05, 4.69) is 12.2 Å². The molecule has 5 nitrogen and oxygen atoms in total. The van der Waals surface area contributed by atoms with Crippen molar-refractivity contribution in [2.45, 2.75) is 19.8 Å². The van der Waals surface area contributed by atoms with Crippen LogP contribution in [0.3, 0.4) is 0 Å². The fourth-order valence-corrected chi connectivity index (χ4v) is 2.08. The van der Waals surface area contributed by atoms with Crippen molar-refractivity contribution < 1.29 is 14.3 Å². The van der Waals surface area contributed by atoms with Crippen LogP contribution in [0.4, 0.5) is 5.69 Å². The largest absolute Gasteiger partial charge is 0.494 e. The van der Waals surface area contributed by atoms with Crippen LogP contribution in [-0.4, -0.2) is 25.7 Å². The number of nitrogens with two attached hydrogens (primary N) is 1. The number of rotatable bonds is 9. The molecule has 2 aromatic rings. The molecule has 2 rings (SSSR count). The first-order valence-corrected chi connectivity index (χ1v) is 8.14. The van der Waals surface area contributed by atoms with Crippen LogP contribution in [0.1, 0.15) is 18.9 Å². The zero-order chi connectivity index (χ0) is 17.2. The molecule has 128 valence electrons. The minimum absolute atomic E-state index is 0.00307. The van der Waals surface area contributed by atoms with Crippen molar-refractivity contribution in [3.05, 3.63) is 54.1 Å². The second-order valence-corrected chi connectivity index (χ2v) is 5.45. The smallest absolute Gasteiger partial charge is 0.257 e. The van der Waals surface area contributed by atoms with Gasteiger partial charge in [-0.15, -0.1) is 0 Å². The second-order valence-electron chi connectivity index (χ2n) is 5.45. The Bertz CT molecular complexity index is 624. The fourth-order valence-electron chi connectivity index (χ4n) is 2.08. The summed E-state index contributed by atoms with van der Waals surface area (Å²) in [7, 11) is 0. The number of nitrogen functional groups attached to an aromatic ring is 1. The Morgan fingerprint density at radius 3 is 2.25 bits per heavy atom. The van der Waals surface area contributed by atoms with Gasteiger partial charge in [-0.25, -0.2) is 0 Å². The Balaban J connectivity index is 1.66. The van der Waals surface area contributed by atoms with Gasteiger partial charge in [0.25, 0.3) is 5.91 Å². The van der Waals surface area contributed by atoms with Gasteiger partial charge in [0, 0.05) is 12.2 Å². The summed E-state index contributed by atoms with van der Waals surface area (Å²) in [6, 6.07) is 14.9. The molecular weight excluding hydrogens is 304 g/mol. The normalized spacial score (nSPS) is 10.2. The molecule has 1 amide bonds. The maximum Gasteiger partial charge on any atom is 0.257 e. The molecule has 0 saturated heterocycles. The van der Waals surface area contributed by atoms with Crippen LogP contribution in [0.25, 0.3) is 0 Å². The highest BCUT2D eigenvalue weighted by molar-refractivity contribution is 5.77. The number of hydrogen-bond acceptors (Lipinski definition) is 4. The first-order chi connectivity index (χ1) is 11.7. The highest BCUT2D eigenvalue weighted by Gasteiger charge is 2.03. The van der Waals surface area contributed by atoms with E-state index in [1.54, 1.807) is 12.1 Å². The fraction of sp³-hybridized carbons (Fsp3) is 0.316. The lowest BCUT2D eigenvalue weighted by atomic mass is 10.1. The molecule has 0 aliphatic rings. The van der Waals surface area contributed by atoms with E-state index in [9.17, 15) is 4.79 Å². The van der Waals surface area contributed by atoms with Crippen molar-refractivity contribution in [2.75, 3.05) is 25.5 Å². The van der Waals surface area contributed by atoms with Gasteiger partial charge in [0.15, 0.2) is 6.61 Å². The summed E-state index contributed by atoms with van der Waals surface area (Å²) in [4.78, 5) is 11.8. The van der Waals surface area contributed by atoms with Crippen LogP contribution >= 0.6 is 0 Å². The number of carbonyl (C=O) groups is 1. The third-order valence-electron chi connectivity index (χ3n) is 3.38. The summed E-state index contributed by atoms with van der Waals surface area (Å²) in [6.07, 6.45) is 1.73. The highest BCUT2D eigenvalue weighted by Crippen LogP contribution is 2.17. The van der Waals surface area contributed by atoms with Crippen LogP contribution in [0.5, 0.6) is 11.5 Å². The molecule has 5 heteroatoms. The van der Waals surface area contributed by atoms with Gasteiger partial charge in [-0.1, -0.05) is 19.1 Å². The van der Waals surface area contributed by atoms with Crippen molar-refractivity contribution >= 4 is 11.6 Å². The van der Waals surface area contributed by atoms with Gasteiger partial charge in [0.2, 0.25) is 0 Å². The van der Waals surface area contributed by atoms with Crippen LogP contribution in [-0.2, 0) is 11.2 Å². The van der Waals surface area contributed by atoms with Gasteiger partial charge in [0.1, 0.15) is 11.5 Å². The summed E-state index contributed by atoms with van der Waals surface area (Å²) in [6.45, 7) is 3.31. The Hall–Kier alpha value is -2.69. The highest BCUT2D eigenvalue weighted by atomic mass is 16.5. The topological polar surface area (TPSA) is 73.6 Å². The van der Waals surface area contributed by atoms with Crippen LogP contribution < -0.4 is 20.5 Å². The summed E-state index contributed by atoms with van der Waals surface area (Å²) >= 11 is 0. The Morgan fingerprint density at radius 1 is 1.00 bits per heavy atom. The summed E-state index contributed by atoms with van der Waals surface area (Å²) in [5.41, 5.74) is 7.51. The molecule has 0 heterocycles. The third kappa shape index (κ3) is 6.20. The Morgan fingerprint density at radius 2 is 1.62 bits per heavy atom. The number of ether oxygens (including phenoxy) is 2. The average molecular weight is 328 g/mol. The number of benzene rings is 2. The zero-order valence-corrected chi connectivity index (χ0v) is 14.0. The van der Waals surface area contributed by atoms with Crippen molar-refractivity contribution in [1.29, 1.82) is 0 Å². The van der Waals surface area contributed by atoms with E-state index in [4.69, 9.17) is 15.2 Å². The summed E-state index contributed by atoms with van der Waals surface area (Å²) < 4.78 is 11.0. The molecule has 0 atom stereocenters. The average Bonchev–Trinajstić information content (AvgIpc) is 2.61. The molecule has 0 aliphatic carbocycles. The zero-order valence-electron chi connectivity index (χ0n) is 14.0. The van der Waals surface area contributed by atoms with Crippen molar-refractivity contribution in [1.82, 2.24) is 5.32 Å². The molecule has 0 aromatic heterocycles. The molecule has 24 heavy (non-hydrogen) atoms. The van der Waals surface area contributed by atoms with E-state index in [-0.39, 0.29) is 12.5 Å². The van der Waals surface area contributed by atoms with Gasteiger partial charge in [0.05, 0.1) is 6.61 Å². The molecule has 0 saturated carbocycles. The molecule has 0 bridgehead atoms. The van der Waals surface area contributed by atoms with Gasteiger partial charge >= 0.3 is 0 Å². The number of amides is 1. The minimum Gasteiger partial charge on any atom is -0.494 e. The number of carbonyl (C=O) groups excluding carboxylic acids is 1. The van der Waals surface area contributed by atoms with Crippen LogP contribution in [0, 0.1) is 0 Å². The lowest BCUT2D eigenvalue weighted by Gasteiger charge is -2.09. The number of nitrogens with one attached hydrogen (secondary N) is 1. The Kier molecular flexibility index (Phi) is 6.95. The van der Waals surface area contributed by atoms with E-state index in [0.29, 0.717) is 18.9 Å².